The maximum Gasteiger partial charge on any atom is 0.138 e. The van der Waals surface area contributed by atoms with Crippen molar-refractivity contribution in [3.8, 4) is 16.9 Å². The number of para-hydroxylation sites is 3. The number of pyridine rings is 1. The molecule has 5 aromatic carbocycles. The van der Waals surface area contributed by atoms with E-state index in [2.05, 4.69) is 173 Å². The van der Waals surface area contributed by atoms with Crippen molar-refractivity contribution in [1.82, 2.24) is 9.55 Å². The minimum atomic E-state index is -0.298. The molecule has 5 heteroatoms. The van der Waals surface area contributed by atoms with Crippen LogP contribution in [0.5, 0.6) is 0 Å². The third kappa shape index (κ3) is 4.86. The summed E-state index contributed by atoms with van der Waals surface area (Å²) in [6.07, 6.45) is 1.91. The molecule has 0 atom stereocenters. The molecule has 8 rings (SSSR count). The lowest BCUT2D eigenvalue weighted by Gasteiger charge is -2.32. The molecule has 2 aromatic heterocycles. The number of benzene rings is 5. The molecule has 0 amide bonds. The molecule has 0 bridgehead atoms. The summed E-state index contributed by atoms with van der Waals surface area (Å²) in [5, 5.41) is 6.37. The molecule has 0 N–H and O–H groups in total. The van der Waals surface area contributed by atoms with Crippen molar-refractivity contribution in [2.24, 2.45) is 0 Å². The summed E-state index contributed by atoms with van der Waals surface area (Å²) in [6.45, 7) is 11.1. The number of nitrogens with zero attached hydrogens (tertiary/aromatic N) is 4. The van der Waals surface area contributed by atoms with E-state index in [1.807, 2.05) is 16.3 Å². The van der Waals surface area contributed by atoms with Gasteiger partial charge in [0.15, 0.2) is 0 Å². The van der Waals surface area contributed by atoms with E-state index in [4.69, 9.17) is 9.92 Å². The molecule has 1 aliphatic rings. The maximum absolute atomic E-state index is 6.51. The summed E-state index contributed by atoms with van der Waals surface area (Å²) in [6, 6.07) is 47.4. The first kappa shape index (κ1) is 29.0. The predicted octanol–water partition coefficient (Wildman–Crippen LogP) is 10.8. The highest BCUT2D eigenvalue weighted by molar-refractivity contribution is 6.09. The lowest BCUT2D eigenvalue weighted by atomic mass is 9.77. The highest BCUT2D eigenvalue weighted by Crippen LogP contribution is 2.45. The van der Waals surface area contributed by atoms with E-state index in [1.165, 1.54) is 27.5 Å². The molecular formula is C42H38N4O. The number of hydroxylamine groups is 1. The SMILES string of the molecule is CC(C)(c1cccc(N2ON(C(C)(C)C)c3ccccc32)c1)c1ccc2c3ccccc3n(-c3cc(-c4ccccc4)ccn3)c2c1. The van der Waals surface area contributed by atoms with Crippen molar-refractivity contribution in [2.75, 3.05) is 10.1 Å². The van der Waals surface area contributed by atoms with E-state index < -0.39 is 0 Å². The van der Waals surface area contributed by atoms with Gasteiger partial charge in [-0.1, -0.05) is 98.8 Å². The van der Waals surface area contributed by atoms with E-state index in [0.29, 0.717) is 0 Å². The molecule has 0 aliphatic carbocycles. The summed E-state index contributed by atoms with van der Waals surface area (Å²) < 4.78 is 2.31. The Morgan fingerprint density at radius 3 is 2.06 bits per heavy atom. The zero-order valence-corrected chi connectivity index (χ0v) is 27.5. The summed E-state index contributed by atoms with van der Waals surface area (Å²) in [5.41, 5.74) is 9.63. The van der Waals surface area contributed by atoms with Crippen molar-refractivity contribution in [2.45, 2.75) is 45.6 Å². The Morgan fingerprint density at radius 2 is 1.26 bits per heavy atom. The minimum absolute atomic E-state index is 0.203. The highest BCUT2D eigenvalue weighted by Gasteiger charge is 2.36. The average Bonchev–Trinajstić information content (AvgIpc) is 3.65. The zero-order valence-electron chi connectivity index (χ0n) is 27.5. The minimum Gasteiger partial charge on any atom is -0.294 e. The largest absolute Gasteiger partial charge is 0.294 e. The van der Waals surface area contributed by atoms with Gasteiger partial charge in [-0.3, -0.25) is 4.57 Å². The first-order valence-corrected chi connectivity index (χ1v) is 16.2. The molecule has 0 spiro atoms. The molecular weight excluding hydrogens is 576 g/mol. The Hall–Kier alpha value is -5.39. The van der Waals surface area contributed by atoms with E-state index in [-0.39, 0.29) is 11.0 Å². The fourth-order valence-electron chi connectivity index (χ4n) is 6.79. The number of rotatable bonds is 5. The van der Waals surface area contributed by atoms with Gasteiger partial charge in [0.25, 0.3) is 0 Å². The van der Waals surface area contributed by atoms with Crippen molar-refractivity contribution in [1.29, 1.82) is 0 Å². The van der Waals surface area contributed by atoms with Crippen LogP contribution in [0.4, 0.5) is 17.1 Å². The smallest absolute Gasteiger partial charge is 0.138 e. The van der Waals surface area contributed by atoms with Gasteiger partial charge in [-0.05, 0) is 91.6 Å². The van der Waals surface area contributed by atoms with Crippen LogP contribution in [0.2, 0.25) is 0 Å². The van der Waals surface area contributed by atoms with Gasteiger partial charge in [-0.15, -0.1) is 4.94 Å². The van der Waals surface area contributed by atoms with Crippen LogP contribution in [-0.2, 0) is 10.4 Å². The van der Waals surface area contributed by atoms with Crippen LogP contribution < -0.4 is 10.1 Å². The summed E-state index contributed by atoms with van der Waals surface area (Å²) in [4.78, 5) is 11.4. The van der Waals surface area contributed by atoms with Crippen molar-refractivity contribution in [3.05, 3.63) is 151 Å². The molecule has 47 heavy (non-hydrogen) atoms. The summed E-state index contributed by atoms with van der Waals surface area (Å²) in [7, 11) is 0. The van der Waals surface area contributed by atoms with Gasteiger partial charge in [0.2, 0.25) is 0 Å². The lowest BCUT2D eigenvalue weighted by molar-refractivity contribution is 0.0842. The second-order valence-corrected chi connectivity index (χ2v) is 13.9. The Balaban J connectivity index is 1.23. The van der Waals surface area contributed by atoms with Crippen LogP contribution in [0.1, 0.15) is 45.7 Å². The molecule has 7 aromatic rings. The standard InChI is InChI=1S/C42H38N4O/c1-41(2,3)46-38-21-12-11-20-37(38)45(47-46)33-17-13-16-31(27-33)42(4,5)32-22-23-35-34-18-9-10-19-36(34)44(39(35)28-32)40-26-30(24-25-43-40)29-14-7-6-8-15-29/h6-28H,1-5H3. The lowest BCUT2D eigenvalue weighted by Crippen LogP contribution is -2.41. The summed E-state index contributed by atoms with van der Waals surface area (Å²) >= 11 is 0. The van der Waals surface area contributed by atoms with E-state index in [0.717, 1.165) is 39.5 Å². The number of anilines is 3. The molecule has 1 aliphatic heterocycles. The van der Waals surface area contributed by atoms with Gasteiger partial charge in [0.1, 0.15) is 5.82 Å². The van der Waals surface area contributed by atoms with Crippen LogP contribution in [-0.4, -0.2) is 15.1 Å². The average molecular weight is 615 g/mol. The number of hydrogen-bond acceptors (Lipinski definition) is 4. The topological polar surface area (TPSA) is 33.5 Å². The monoisotopic (exact) mass is 614 g/mol. The highest BCUT2D eigenvalue weighted by atomic mass is 16.8. The fourth-order valence-corrected chi connectivity index (χ4v) is 6.79. The third-order valence-corrected chi connectivity index (χ3v) is 9.37. The molecule has 3 heterocycles. The van der Waals surface area contributed by atoms with Crippen molar-refractivity contribution in [3.63, 3.8) is 0 Å². The second-order valence-electron chi connectivity index (χ2n) is 13.9. The molecule has 5 nitrogen and oxygen atoms in total. The summed E-state index contributed by atoms with van der Waals surface area (Å²) in [5.74, 6) is 0.905. The van der Waals surface area contributed by atoms with Crippen molar-refractivity contribution < 1.29 is 4.94 Å². The Labute approximate surface area is 276 Å². The number of aromatic nitrogens is 2. The molecule has 0 radical (unpaired) electrons. The van der Waals surface area contributed by atoms with Gasteiger partial charge >= 0.3 is 0 Å². The van der Waals surface area contributed by atoms with Crippen LogP contribution in [0.3, 0.4) is 0 Å². The van der Waals surface area contributed by atoms with E-state index >= 15 is 0 Å². The Kier molecular flexibility index (Phi) is 6.71. The third-order valence-electron chi connectivity index (χ3n) is 9.37. The second kappa shape index (κ2) is 10.9. The number of hydrogen-bond donors (Lipinski definition) is 0. The normalized spacial score (nSPS) is 13.5. The van der Waals surface area contributed by atoms with E-state index in [9.17, 15) is 0 Å². The van der Waals surface area contributed by atoms with Crippen molar-refractivity contribution >= 4 is 38.9 Å². The molecule has 0 unspecified atom stereocenters. The van der Waals surface area contributed by atoms with Crippen LogP contribution in [0.15, 0.2) is 140 Å². The Bertz CT molecular complexity index is 2260. The zero-order chi connectivity index (χ0) is 32.3. The van der Waals surface area contributed by atoms with Crippen LogP contribution in [0.25, 0.3) is 38.8 Å². The van der Waals surface area contributed by atoms with Crippen LogP contribution in [0, 0.1) is 0 Å². The Morgan fingerprint density at radius 1 is 0.553 bits per heavy atom. The molecule has 0 saturated heterocycles. The molecule has 232 valence electrons. The first-order valence-electron chi connectivity index (χ1n) is 16.2. The molecule has 0 fully saturated rings. The first-order chi connectivity index (χ1) is 22.7. The maximum atomic E-state index is 6.51. The van der Waals surface area contributed by atoms with Gasteiger partial charge in [-0.25, -0.2) is 10.0 Å². The predicted molar refractivity (Wildman–Crippen MR) is 194 cm³/mol. The van der Waals surface area contributed by atoms with E-state index in [1.54, 1.807) is 0 Å². The molecule has 0 saturated carbocycles. The quantitative estimate of drug-likeness (QED) is 0.193. The van der Waals surface area contributed by atoms with Gasteiger partial charge in [0, 0.05) is 22.4 Å². The van der Waals surface area contributed by atoms with Gasteiger partial charge in [-0.2, -0.15) is 5.06 Å². The van der Waals surface area contributed by atoms with Gasteiger partial charge < -0.3 is 0 Å². The van der Waals surface area contributed by atoms with Gasteiger partial charge in [0.05, 0.1) is 33.6 Å². The van der Waals surface area contributed by atoms with Crippen LogP contribution >= 0.6 is 0 Å². The fraction of sp³-hybridized carbons (Fsp3) is 0.167. The number of fused-ring (bicyclic) bond motifs is 4.